The molecule has 2 aromatic carbocycles. The highest BCUT2D eigenvalue weighted by Crippen LogP contribution is 2.38. The number of hydrogen-bond acceptors (Lipinski definition) is 3. The largest absolute Gasteiger partial charge is 0.269 e. The first kappa shape index (κ1) is 19.7. The van der Waals surface area contributed by atoms with Gasteiger partial charge in [0.1, 0.15) is 0 Å². The van der Waals surface area contributed by atoms with E-state index in [-0.39, 0.29) is 23.6 Å². The van der Waals surface area contributed by atoms with Crippen LogP contribution in [0.1, 0.15) is 36.1 Å². The number of amides is 2. The zero-order valence-electron chi connectivity index (χ0n) is 15.9. The molecule has 0 aromatic heterocycles. The van der Waals surface area contributed by atoms with Crippen LogP contribution in [0, 0.1) is 13.8 Å². The Morgan fingerprint density at radius 3 is 2.22 bits per heavy atom. The normalized spacial score (nSPS) is 14.7. The van der Waals surface area contributed by atoms with Gasteiger partial charge in [0.15, 0.2) is 0 Å². The van der Waals surface area contributed by atoms with Crippen LogP contribution in [0.5, 0.6) is 0 Å². The Balaban J connectivity index is 2.00. The molecule has 2 amide bonds. The van der Waals surface area contributed by atoms with Gasteiger partial charge in [-0.3, -0.25) is 14.5 Å². The minimum atomic E-state index is -0.235. The minimum Gasteiger partial charge on any atom is -0.269 e. The molecule has 0 fully saturated rings. The van der Waals surface area contributed by atoms with Crippen molar-refractivity contribution in [1.29, 1.82) is 0 Å². The summed E-state index contributed by atoms with van der Waals surface area (Å²) in [5.41, 5.74) is 4.45. The summed E-state index contributed by atoms with van der Waals surface area (Å²) in [5, 5.41) is 0.830. The average molecular weight is 400 g/mol. The van der Waals surface area contributed by atoms with E-state index in [1.807, 2.05) is 58.0 Å². The first-order chi connectivity index (χ1) is 12.8. The molecule has 1 aliphatic heterocycles. The maximum atomic E-state index is 13.2. The van der Waals surface area contributed by atoms with Crippen LogP contribution in [0.25, 0.3) is 5.57 Å². The van der Waals surface area contributed by atoms with E-state index in [2.05, 4.69) is 0 Å². The summed E-state index contributed by atoms with van der Waals surface area (Å²) in [6.07, 6.45) is 0. The zero-order chi connectivity index (χ0) is 19.7. The fourth-order valence-corrected chi connectivity index (χ4v) is 4.10. The molecule has 3 nitrogen and oxygen atoms in total. The molecule has 0 atom stereocenters. The van der Waals surface area contributed by atoms with Crippen LogP contribution in [0.4, 0.5) is 0 Å². The maximum absolute atomic E-state index is 13.2. The molecule has 0 bridgehead atoms. The molecule has 140 valence electrons. The van der Waals surface area contributed by atoms with Gasteiger partial charge >= 0.3 is 0 Å². The van der Waals surface area contributed by atoms with E-state index in [4.69, 9.17) is 11.6 Å². The molecule has 3 rings (SSSR count). The predicted octanol–water partition coefficient (Wildman–Crippen LogP) is 5.38. The highest BCUT2D eigenvalue weighted by atomic mass is 35.5. The maximum Gasteiger partial charge on any atom is 0.268 e. The van der Waals surface area contributed by atoms with E-state index in [1.54, 1.807) is 12.1 Å². The number of rotatable bonds is 5. The fourth-order valence-electron chi connectivity index (χ4n) is 2.97. The lowest BCUT2D eigenvalue weighted by Crippen LogP contribution is -2.31. The van der Waals surface area contributed by atoms with E-state index in [9.17, 15) is 9.59 Å². The Hall–Kier alpha value is -2.04. The Labute approximate surface area is 169 Å². The number of halogens is 1. The van der Waals surface area contributed by atoms with E-state index >= 15 is 0 Å². The van der Waals surface area contributed by atoms with Crippen molar-refractivity contribution in [2.45, 2.75) is 39.5 Å². The van der Waals surface area contributed by atoms with Gasteiger partial charge in [0, 0.05) is 10.3 Å². The molecule has 5 heteroatoms. The van der Waals surface area contributed by atoms with Crippen LogP contribution < -0.4 is 0 Å². The average Bonchev–Trinajstić information content (AvgIpc) is 2.83. The molecule has 0 saturated heterocycles. The number of nitrogens with zero attached hydrogens (tertiary/aromatic N) is 1. The first-order valence-electron chi connectivity index (χ1n) is 8.87. The molecule has 2 aromatic rings. The summed E-state index contributed by atoms with van der Waals surface area (Å²) in [6, 6.07) is 13.1. The SMILES string of the molecule is Cc1ccc(C2=C(SC(C)C)C(=O)N(Cc3ccc(Cl)cc3)C2=O)cc1C. The van der Waals surface area contributed by atoms with Crippen LogP contribution in [0.2, 0.25) is 5.02 Å². The molecule has 0 aliphatic carbocycles. The molecule has 1 aliphatic rings. The number of thioether (sulfide) groups is 1. The van der Waals surface area contributed by atoms with Crippen molar-refractivity contribution in [1.82, 2.24) is 4.90 Å². The van der Waals surface area contributed by atoms with E-state index in [1.165, 1.54) is 16.7 Å². The third kappa shape index (κ3) is 4.12. The fraction of sp³-hybridized carbons (Fsp3) is 0.273. The first-order valence-corrected chi connectivity index (χ1v) is 10.1. The third-order valence-electron chi connectivity index (χ3n) is 4.53. The van der Waals surface area contributed by atoms with Crippen molar-refractivity contribution >= 4 is 40.8 Å². The van der Waals surface area contributed by atoms with Gasteiger partial charge < -0.3 is 0 Å². The monoisotopic (exact) mass is 399 g/mol. The molecule has 27 heavy (non-hydrogen) atoms. The molecule has 0 unspecified atom stereocenters. The molecular formula is C22H22ClNO2S. The van der Waals surface area contributed by atoms with Crippen LogP contribution in [-0.4, -0.2) is 22.0 Å². The van der Waals surface area contributed by atoms with E-state index in [0.29, 0.717) is 15.5 Å². The van der Waals surface area contributed by atoms with Crippen molar-refractivity contribution in [3.63, 3.8) is 0 Å². The van der Waals surface area contributed by atoms with Gasteiger partial charge in [-0.15, -0.1) is 11.8 Å². The third-order valence-corrected chi connectivity index (χ3v) is 5.87. The van der Waals surface area contributed by atoms with Crippen LogP contribution in [0.3, 0.4) is 0 Å². The molecule has 0 saturated carbocycles. The number of carbonyl (C=O) groups excluding carboxylic acids is 2. The second-order valence-electron chi connectivity index (χ2n) is 6.99. The molecule has 1 heterocycles. The van der Waals surface area contributed by atoms with Gasteiger partial charge in [0.05, 0.1) is 17.0 Å². The quantitative estimate of drug-likeness (QED) is 0.633. The van der Waals surface area contributed by atoms with Crippen molar-refractivity contribution < 1.29 is 9.59 Å². The summed E-state index contributed by atoms with van der Waals surface area (Å²) in [6.45, 7) is 8.34. The van der Waals surface area contributed by atoms with Crippen molar-refractivity contribution in [3.05, 3.63) is 74.6 Å². The van der Waals surface area contributed by atoms with E-state index in [0.717, 1.165) is 22.3 Å². The Morgan fingerprint density at radius 2 is 1.63 bits per heavy atom. The van der Waals surface area contributed by atoms with Gasteiger partial charge in [-0.05, 0) is 48.2 Å². The number of hydrogen-bond donors (Lipinski definition) is 0. The van der Waals surface area contributed by atoms with Crippen LogP contribution in [-0.2, 0) is 16.1 Å². The molecule has 0 N–H and O–H groups in total. The standard InChI is InChI=1S/C22H22ClNO2S/c1-13(2)27-20-19(17-8-5-14(3)15(4)11-17)21(25)24(22(20)26)12-16-6-9-18(23)10-7-16/h5-11,13H,12H2,1-4H3. The highest BCUT2D eigenvalue weighted by molar-refractivity contribution is 8.04. The van der Waals surface area contributed by atoms with Gasteiger partial charge in [0.2, 0.25) is 0 Å². The van der Waals surface area contributed by atoms with E-state index < -0.39 is 0 Å². The predicted molar refractivity (Wildman–Crippen MR) is 113 cm³/mol. The van der Waals surface area contributed by atoms with Crippen molar-refractivity contribution in [2.75, 3.05) is 0 Å². The number of aryl methyl sites for hydroxylation is 2. The Bertz CT molecular complexity index is 932. The summed E-state index contributed by atoms with van der Waals surface area (Å²) in [4.78, 5) is 28.1. The lowest BCUT2D eigenvalue weighted by molar-refractivity contribution is -0.137. The topological polar surface area (TPSA) is 37.4 Å². The van der Waals surface area contributed by atoms with Crippen molar-refractivity contribution in [3.8, 4) is 0 Å². The smallest absolute Gasteiger partial charge is 0.268 e. The Kier molecular flexibility index (Phi) is 5.78. The van der Waals surface area contributed by atoms with Gasteiger partial charge in [-0.25, -0.2) is 0 Å². The van der Waals surface area contributed by atoms with Crippen LogP contribution >= 0.6 is 23.4 Å². The number of imide groups is 1. The lowest BCUT2D eigenvalue weighted by Gasteiger charge is -2.15. The zero-order valence-corrected chi connectivity index (χ0v) is 17.4. The van der Waals surface area contributed by atoms with Gasteiger partial charge in [-0.1, -0.05) is 55.8 Å². The molecular weight excluding hydrogens is 378 g/mol. The van der Waals surface area contributed by atoms with Gasteiger partial charge in [-0.2, -0.15) is 0 Å². The van der Waals surface area contributed by atoms with Crippen LogP contribution in [0.15, 0.2) is 47.4 Å². The summed E-state index contributed by atoms with van der Waals surface area (Å²) in [7, 11) is 0. The Morgan fingerprint density at radius 1 is 0.963 bits per heavy atom. The lowest BCUT2D eigenvalue weighted by atomic mass is 10.0. The second kappa shape index (κ2) is 7.91. The number of benzene rings is 2. The molecule has 0 spiro atoms. The summed E-state index contributed by atoms with van der Waals surface area (Å²) < 4.78 is 0. The molecule has 0 radical (unpaired) electrons. The van der Waals surface area contributed by atoms with Gasteiger partial charge in [0.25, 0.3) is 11.8 Å². The highest BCUT2D eigenvalue weighted by Gasteiger charge is 2.39. The summed E-state index contributed by atoms with van der Waals surface area (Å²) in [5.74, 6) is -0.455. The minimum absolute atomic E-state index is 0.203. The number of carbonyl (C=O) groups is 2. The van der Waals surface area contributed by atoms with Crippen molar-refractivity contribution in [2.24, 2.45) is 0 Å². The second-order valence-corrected chi connectivity index (χ2v) is 9.02. The summed E-state index contributed by atoms with van der Waals surface area (Å²) >= 11 is 7.39.